The molecule has 5 atom stereocenters. The van der Waals surface area contributed by atoms with Crippen LogP contribution < -0.4 is 5.69 Å². The molecule has 0 aromatic carbocycles. The number of fused-ring (bicyclic) bond motifs is 1. The second-order valence-corrected chi connectivity index (χ2v) is 5.13. The number of aromatic nitrogens is 2. The summed E-state index contributed by atoms with van der Waals surface area (Å²) in [5.41, 5.74) is -0.386. The molecule has 1 unspecified atom stereocenters. The lowest BCUT2D eigenvalue weighted by Crippen LogP contribution is -2.38. The zero-order valence-electron chi connectivity index (χ0n) is 9.93. The molecule has 2 saturated heterocycles. The number of nitrogens with one attached hydrogen (secondary N) is 1. The van der Waals surface area contributed by atoms with Crippen LogP contribution in [0.25, 0.3) is 0 Å². The third-order valence-corrected chi connectivity index (χ3v) is 3.68. The van der Waals surface area contributed by atoms with E-state index in [1.54, 1.807) is 6.07 Å². The molecule has 19 heavy (non-hydrogen) atoms. The van der Waals surface area contributed by atoms with Crippen molar-refractivity contribution in [2.75, 3.05) is 6.61 Å². The average molecular weight is 286 g/mol. The van der Waals surface area contributed by atoms with Crippen LogP contribution in [-0.2, 0) is 9.47 Å². The van der Waals surface area contributed by atoms with Gasteiger partial charge in [-0.1, -0.05) is 12.2 Å². The summed E-state index contributed by atoms with van der Waals surface area (Å²) in [5, 5.41) is 19.2. The van der Waals surface area contributed by atoms with Crippen molar-refractivity contribution in [1.29, 1.82) is 0 Å². The summed E-state index contributed by atoms with van der Waals surface area (Å²) in [6.45, 7) is -0.332. The zero-order chi connectivity index (χ0) is 13.6. The fraction of sp³-hybridized carbons (Fsp3) is 0.636. The second kappa shape index (κ2) is 4.80. The first-order chi connectivity index (χ1) is 9.10. The molecule has 2 fully saturated rings. The molecule has 3 N–H and O–H groups in total. The SMILES string of the molecule is O=c1[nH]c(=S)ccn1C1C[C@H]2O[C@H]2[C@H](O)[C@@H](CO)O1. The fourth-order valence-electron chi connectivity index (χ4n) is 2.38. The van der Waals surface area contributed by atoms with E-state index in [2.05, 4.69) is 4.98 Å². The number of hydrogen-bond donors (Lipinski definition) is 3. The largest absolute Gasteiger partial charge is 0.394 e. The smallest absolute Gasteiger partial charge is 0.328 e. The Morgan fingerprint density at radius 2 is 2.32 bits per heavy atom. The van der Waals surface area contributed by atoms with E-state index in [4.69, 9.17) is 21.7 Å². The molecule has 1 aromatic heterocycles. The van der Waals surface area contributed by atoms with Gasteiger partial charge in [0.2, 0.25) is 0 Å². The van der Waals surface area contributed by atoms with E-state index < -0.39 is 18.4 Å². The van der Waals surface area contributed by atoms with Crippen LogP contribution in [0.3, 0.4) is 0 Å². The van der Waals surface area contributed by atoms with Crippen molar-refractivity contribution in [2.24, 2.45) is 0 Å². The first-order valence-corrected chi connectivity index (χ1v) is 6.42. The monoisotopic (exact) mass is 286 g/mol. The number of ether oxygens (including phenoxy) is 2. The van der Waals surface area contributed by atoms with E-state index in [1.807, 2.05) is 0 Å². The van der Waals surface area contributed by atoms with Crippen molar-refractivity contribution in [2.45, 2.75) is 37.1 Å². The van der Waals surface area contributed by atoms with Crippen molar-refractivity contribution in [3.05, 3.63) is 27.4 Å². The van der Waals surface area contributed by atoms with E-state index in [1.165, 1.54) is 10.8 Å². The molecule has 3 rings (SSSR count). The molecule has 3 heterocycles. The van der Waals surface area contributed by atoms with Crippen LogP contribution in [0.2, 0.25) is 0 Å². The van der Waals surface area contributed by atoms with Gasteiger partial charge in [0.15, 0.2) is 0 Å². The van der Waals surface area contributed by atoms with Crippen molar-refractivity contribution >= 4 is 12.2 Å². The number of hydrogen-bond acceptors (Lipinski definition) is 6. The molecule has 1 aromatic rings. The van der Waals surface area contributed by atoms with Gasteiger partial charge in [-0.3, -0.25) is 9.55 Å². The predicted octanol–water partition coefficient (Wildman–Crippen LogP) is -0.686. The molecule has 0 spiro atoms. The van der Waals surface area contributed by atoms with Gasteiger partial charge in [0.25, 0.3) is 0 Å². The van der Waals surface area contributed by atoms with Gasteiger partial charge in [-0.05, 0) is 6.07 Å². The summed E-state index contributed by atoms with van der Waals surface area (Å²) in [5.74, 6) is 0. The predicted molar refractivity (Wildman–Crippen MR) is 66.2 cm³/mol. The molecule has 104 valence electrons. The van der Waals surface area contributed by atoms with Gasteiger partial charge in [-0.2, -0.15) is 0 Å². The van der Waals surface area contributed by atoms with Crippen LogP contribution >= 0.6 is 12.2 Å². The Labute approximate surface area is 113 Å². The van der Waals surface area contributed by atoms with Crippen LogP contribution in [0, 0.1) is 4.64 Å². The Kier molecular flexibility index (Phi) is 3.27. The normalized spacial score (nSPS) is 37.5. The molecule has 0 radical (unpaired) electrons. The highest BCUT2D eigenvalue weighted by atomic mass is 32.1. The van der Waals surface area contributed by atoms with Crippen molar-refractivity contribution in [3.63, 3.8) is 0 Å². The molecule has 7 nitrogen and oxygen atoms in total. The van der Waals surface area contributed by atoms with Gasteiger partial charge < -0.3 is 19.7 Å². The second-order valence-electron chi connectivity index (χ2n) is 4.69. The third-order valence-electron chi connectivity index (χ3n) is 3.45. The molecule has 0 bridgehead atoms. The van der Waals surface area contributed by atoms with E-state index in [9.17, 15) is 15.0 Å². The molecular formula is C11H14N2O5S. The Morgan fingerprint density at radius 3 is 3.00 bits per heavy atom. The van der Waals surface area contributed by atoms with Gasteiger partial charge in [-0.15, -0.1) is 0 Å². The average Bonchev–Trinajstić information content (AvgIpc) is 3.13. The third kappa shape index (κ3) is 2.37. The minimum atomic E-state index is -0.877. The molecule has 0 aliphatic carbocycles. The van der Waals surface area contributed by atoms with Crippen LogP contribution in [-0.4, -0.2) is 50.8 Å². The highest BCUT2D eigenvalue weighted by Gasteiger charge is 2.52. The minimum absolute atomic E-state index is 0.147. The molecule has 0 saturated carbocycles. The first-order valence-electron chi connectivity index (χ1n) is 6.01. The van der Waals surface area contributed by atoms with Gasteiger partial charge in [0, 0.05) is 12.6 Å². The highest BCUT2D eigenvalue weighted by molar-refractivity contribution is 7.71. The van der Waals surface area contributed by atoms with E-state index >= 15 is 0 Å². The fourth-order valence-corrected chi connectivity index (χ4v) is 2.53. The lowest BCUT2D eigenvalue weighted by atomic mass is 10.1. The topological polar surface area (TPSA) is 100 Å². The highest BCUT2D eigenvalue weighted by Crippen LogP contribution is 2.38. The zero-order valence-corrected chi connectivity index (χ0v) is 10.7. The van der Waals surface area contributed by atoms with Gasteiger partial charge in [-0.25, -0.2) is 4.79 Å². The summed E-state index contributed by atoms with van der Waals surface area (Å²) in [7, 11) is 0. The maximum Gasteiger partial charge on any atom is 0.328 e. The number of H-pyrrole nitrogens is 1. The molecule has 2 aliphatic heterocycles. The van der Waals surface area contributed by atoms with Gasteiger partial charge in [0.1, 0.15) is 29.2 Å². The van der Waals surface area contributed by atoms with E-state index in [0.717, 1.165) is 0 Å². The molecule has 0 amide bonds. The number of nitrogens with zero attached hydrogens (tertiary/aromatic N) is 1. The van der Waals surface area contributed by atoms with Gasteiger partial charge in [0.05, 0.1) is 12.7 Å². The quantitative estimate of drug-likeness (QED) is 0.492. The number of epoxide rings is 1. The van der Waals surface area contributed by atoms with Crippen molar-refractivity contribution < 1.29 is 19.7 Å². The number of aliphatic hydroxyl groups excluding tert-OH is 2. The molecule has 8 heteroatoms. The summed E-state index contributed by atoms with van der Waals surface area (Å²) < 4.78 is 12.6. The van der Waals surface area contributed by atoms with E-state index in [0.29, 0.717) is 11.1 Å². The lowest BCUT2D eigenvalue weighted by Gasteiger charge is -2.25. The van der Waals surface area contributed by atoms with Gasteiger partial charge >= 0.3 is 5.69 Å². The lowest BCUT2D eigenvalue weighted by molar-refractivity contribution is -0.129. The maximum atomic E-state index is 11.8. The Morgan fingerprint density at radius 1 is 1.53 bits per heavy atom. The summed E-state index contributed by atoms with van der Waals surface area (Å²) in [6.07, 6.45) is -0.719. The Balaban J connectivity index is 1.91. The van der Waals surface area contributed by atoms with Crippen molar-refractivity contribution in [1.82, 2.24) is 9.55 Å². The standard InChI is InChI=1S/C11H14N2O5S/c14-4-6-9(15)10-5(18-10)3-8(17-6)13-2-1-7(19)12-11(13)16/h1-2,5-6,8-10,14-15H,3-4H2,(H,12,16,19)/t5-,6-,8?,9-,10-/m1/s1. The Bertz CT molecular complexity index is 585. The molecule has 2 aliphatic rings. The Hall–Kier alpha value is -1.06. The van der Waals surface area contributed by atoms with Crippen LogP contribution in [0.1, 0.15) is 12.6 Å². The van der Waals surface area contributed by atoms with E-state index in [-0.39, 0.29) is 24.5 Å². The number of aliphatic hydroxyl groups is 2. The number of rotatable bonds is 2. The van der Waals surface area contributed by atoms with Crippen molar-refractivity contribution in [3.8, 4) is 0 Å². The van der Waals surface area contributed by atoms with Crippen LogP contribution in [0.15, 0.2) is 17.1 Å². The van der Waals surface area contributed by atoms with Crippen LogP contribution in [0.4, 0.5) is 0 Å². The summed E-state index contributed by atoms with van der Waals surface area (Å²) in [6, 6.07) is 1.58. The maximum absolute atomic E-state index is 11.8. The summed E-state index contributed by atoms with van der Waals surface area (Å²) in [4.78, 5) is 14.3. The minimum Gasteiger partial charge on any atom is -0.394 e. The first kappa shape index (κ1) is 12.9. The molecular weight excluding hydrogens is 272 g/mol. The number of aromatic amines is 1. The van der Waals surface area contributed by atoms with Crippen LogP contribution in [0.5, 0.6) is 0 Å². The summed E-state index contributed by atoms with van der Waals surface area (Å²) >= 11 is 4.87.